The Balaban J connectivity index is 1.36. The minimum atomic E-state index is -0.815. The predicted molar refractivity (Wildman–Crippen MR) is 110 cm³/mol. The van der Waals surface area contributed by atoms with Crippen LogP contribution in [0.15, 0.2) is 42.5 Å². The van der Waals surface area contributed by atoms with Gasteiger partial charge in [0, 0.05) is 38.3 Å². The maximum absolute atomic E-state index is 11.3. The zero-order chi connectivity index (χ0) is 20.4. The van der Waals surface area contributed by atoms with Crippen molar-refractivity contribution in [1.82, 2.24) is 14.9 Å². The molecule has 3 aromatic rings. The summed E-state index contributed by atoms with van der Waals surface area (Å²) >= 11 is 0. The van der Waals surface area contributed by atoms with Crippen LogP contribution in [0.4, 0.5) is 5.95 Å². The summed E-state index contributed by atoms with van der Waals surface area (Å²) in [6, 6.07) is 13.0. The molecule has 1 fully saturated rings. The van der Waals surface area contributed by atoms with E-state index in [1.165, 1.54) is 5.56 Å². The van der Waals surface area contributed by atoms with Gasteiger partial charge in [0.25, 0.3) is 0 Å². The van der Waals surface area contributed by atoms with Crippen LogP contribution in [-0.2, 0) is 17.8 Å². The number of nitrogens with two attached hydrogens (primary N) is 1. The summed E-state index contributed by atoms with van der Waals surface area (Å²) in [6.07, 6.45) is 0.0530. The molecule has 8 heteroatoms. The molecule has 0 unspecified atom stereocenters. The highest BCUT2D eigenvalue weighted by Crippen LogP contribution is 2.20. The number of carbonyl (C=O) groups excluding carboxylic acids is 1. The minimum absolute atomic E-state index is 0.0530. The molecule has 1 saturated heterocycles. The largest absolute Gasteiger partial charge is 0.481 e. The number of aromatic nitrogens is 2. The Morgan fingerprint density at radius 3 is 2.38 bits per heavy atom. The Labute approximate surface area is 167 Å². The Kier molecular flexibility index (Phi) is 5.18. The van der Waals surface area contributed by atoms with Gasteiger partial charge in [-0.25, -0.2) is 4.98 Å². The molecule has 0 saturated carbocycles. The maximum Gasteiger partial charge on any atom is 0.307 e. The van der Waals surface area contributed by atoms with E-state index in [1.54, 1.807) is 12.1 Å². The Morgan fingerprint density at radius 1 is 1.03 bits per heavy atom. The van der Waals surface area contributed by atoms with Gasteiger partial charge in [-0.1, -0.05) is 24.3 Å². The summed E-state index contributed by atoms with van der Waals surface area (Å²) in [6.45, 7) is 4.34. The second kappa shape index (κ2) is 7.92. The number of anilines is 1. The number of carbonyl (C=O) groups is 2. The van der Waals surface area contributed by atoms with Crippen molar-refractivity contribution < 1.29 is 14.7 Å². The molecule has 0 radical (unpaired) electrons. The number of aromatic amines is 1. The molecule has 1 aromatic heterocycles. The van der Waals surface area contributed by atoms with Gasteiger partial charge in [0.2, 0.25) is 11.9 Å². The molecule has 150 valence electrons. The number of fused-ring (bicyclic) bond motifs is 1. The van der Waals surface area contributed by atoms with Crippen LogP contribution in [0.3, 0.4) is 0 Å². The number of nitrogens with one attached hydrogen (secondary N) is 1. The zero-order valence-corrected chi connectivity index (χ0v) is 16.0. The molecule has 0 atom stereocenters. The smallest absolute Gasteiger partial charge is 0.307 e. The normalized spacial score (nSPS) is 15.0. The van der Waals surface area contributed by atoms with Crippen LogP contribution in [0.1, 0.15) is 21.5 Å². The first-order chi connectivity index (χ1) is 14.0. The van der Waals surface area contributed by atoms with Crippen LogP contribution in [0, 0.1) is 0 Å². The third-order valence-corrected chi connectivity index (χ3v) is 5.21. The summed E-state index contributed by atoms with van der Waals surface area (Å²) in [5.41, 5.74) is 9.41. The second-order valence-corrected chi connectivity index (χ2v) is 7.31. The lowest BCUT2D eigenvalue weighted by molar-refractivity contribution is -0.136. The Morgan fingerprint density at radius 2 is 1.72 bits per heavy atom. The molecule has 0 spiro atoms. The van der Waals surface area contributed by atoms with Gasteiger partial charge in [-0.05, 0) is 29.3 Å². The number of amides is 1. The van der Waals surface area contributed by atoms with Crippen molar-refractivity contribution in [2.45, 2.75) is 13.0 Å². The van der Waals surface area contributed by atoms with Crippen molar-refractivity contribution in [2.75, 3.05) is 31.1 Å². The highest BCUT2D eigenvalue weighted by atomic mass is 16.4. The molecule has 8 nitrogen and oxygen atoms in total. The molecular formula is C21H23N5O3. The standard InChI is InChI=1S/C21H23N5O3/c22-20(29)16-5-6-17-18(12-16)24-21(23-17)26-9-7-25(8-10-26)13-15-3-1-14(2-4-15)11-19(27)28/h1-6,12H,7-11,13H2,(H2,22,29)(H,23,24)(H,27,28). The fourth-order valence-corrected chi connectivity index (χ4v) is 3.61. The topological polar surface area (TPSA) is 116 Å². The van der Waals surface area contributed by atoms with Crippen molar-refractivity contribution in [3.05, 3.63) is 59.2 Å². The van der Waals surface area contributed by atoms with E-state index >= 15 is 0 Å². The van der Waals surface area contributed by atoms with Gasteiger partial charge in [-0.15, -0.1) is 0 Å². The first-order valence-corrected chi connectivity index (χ1v) is 9.54. The second-order valence-electron chi connectivity index (χ2n) is 7.31. The third-order valence-electron chi connectivity index (χ3n) is 5.21. The molecule has 2 heterocycles. The van der Waals surface area contributed by atoms with E-state index in [0.717, 1.165) is 55.3 Å². The molecular weight excluding hydrogens is 370 g/mol. The van der Waals surface area contributed by atoms with Gasteiger partial charge in [-0.3, -0.25) is 14.5 Å². The number of aliphatic carboxylic acids is 1. The molecule has 1 amide bonds. The number of rotatable bonds is 6. The van der Waals surface area contributed by atoms with Crippen molar-refractivity contribution in [3.63, 3.8) is 0 Å². The summed E-state index contributed by atoms with van der Waals surface area (Å²) < 4.78 is 0. The van der Waals surface area contributed by atoms with Crippen LogP contribution in [0.25, 0.3) is 11.0 Å². The summed E-state index contributed by atoms with van der Waals surface area (Å²) in [5.74, 6) is -0.467. The predicted octanol–water partition coefficient (Wildman–Crippen LogP) is 1.61. The number of primary amides is 1. The SMILES string of the molecule is NC(=O)c1ccc2[nH]c(N3CCN(Cc4ccc(CC(=O)O)cc4)CC3)nc2c1. The lowest BCUT2D eigenvalue weighted by Gasteiger charge is -2.34. The fraction of sp³-hybridized carbons (Fsp3) is 0.286. The van der Waals surface area contributed by atoms with Gasteiger partial charge < -0.3 is 20.7 Å². The van der Waals surface area contributed by atoms with Crippen LogP contribution in [0.2, 0.25) is 0 Å². The molecule has 4 N–H and O–H groups in total. The number of hydrogen-bond acceptors (Lipinski definition) is 5. The number of hydrogen-bond donors (Lipinski definition) is 3. The molecule has 4 rings (SSSR count). The Hall–Kier alpha value is -3.39. The average Bonchev–Trinajstić information content (AvgIpc) is 3.13. The number of carboxylic acids is 1. The van der Waals surface area contributed by atoms with E-state index in [-0.39, 0.29) is 6.42 Å². The third kappa shape index (κ3) is 4.38. The minimum Gasteiger partial charge on any atom is -0.481 e. The first-order valence-electron chi connectivity index (χ1n) is 9.54. The zero-order valence-electron chi connectivity index (χ0n) is 16.0. The van der Waals surface area contributed by atoms with Gasteiger partial charge in [-0.2, -0.15) is 0 Å². The van der Waals surface area contributed by atoms with Crippen molar-refractivity contribution in [2.24, 2.45) is 5.73 Å². The van der Waals surface area contributed by atoms with Gasteiger partial charge in [0.15, 0.2) is 0 Å². The number of imidazole rings is 1. The van der Waals surface area contributed by atoms with Gasteiger partial charge in [0.05, 0.1) is 17.5 Å². The highest BCUT2D eigenvalue weighted by molar-refractivity contribution is 5.96. The number of carboxylic acid groups (broad SMARTS) is 1. The fourth-order valence-electron chi connectivity index (χ4n) is 3.61. The quantitative estimate of drug-likeness (QED) is 0.586. The van der Waals surface area contributed by atoms with Crippen molar-refractivity contribution in [1.29, 1.82) is 0 Å². The van der Waals surface area contributed by atoms with Crippen molar-refractivity contribution >= 4 is 28.9 Å². The summed E-state index contributed by atoms with van der Waals surface area (Å²) in [7, 11) is 0. The number of piperazine rings is 1. The monoisotopic (exact) mass is 393 g/mol. The van der Waals surface area contributed by atoms with Gasteiger partial charge >= 0.3 is 5.97 Å². The van der Waals surface area contributed by atoms with Crippen LogP contribution in [-0.4, -0.2) is 58.0 Å². The molecule has 1 aliphatic rings. The molecule has 1 aliphatic heterocycles. The van der Waals surface area contributed by atoms with Crippen LogP contribution >= 0.6 is 0 Å². The van der Waals surface area contributed by atoms with E-state index in [4.69, 9.17) is 10.8 Å². The van der Waals surface area contributed by atoms with E-state index in [1.807, 2.05) is 30.3 Å². The average molecular weight is 393 g/mol. The summed E-state index contributed by atoms with van der Waals surface area (Å²) in [4.78, 5) is 34.6. The van der Waals surface area contributed by atoms with E-state index in [2.05, 4.69) is 19.8 Å². The first kappa shape index (κ1) is 18.9. The van der Waals surface area contributed by atoms with Gasteiger partial charge in [0.1, 0.15) is 0 Å². The van der Waals surface area contributed by atoms with Crippen molar-refractivity contribution in [3.8, 4) is 0 Å². The molecule has 0 aliphatic carbocycles. The van der Waals surface area contributed by atoms with E-state index < -0.39 is 11.9 Å². The van der Waals surface area contributed by atoms with Crippen LogP contribution < -0.4 is 10.6 Å². The lowest BCUT2D eigenvalue weighted by atomic mass is 10.1. The number of benzene rings is 2. The molecule has 29 heavy (non-hydrogen) atoms. The highest BCUT2D eigenvalue weighted by Gasteiger charge is 2.20. The number of H-pyrrole nitrogens is 1. The summed E-state index contributed by atoms with van der Waals surface area (Å²) in [5, 5.41) is 8.86. The lowest BCUT2D eigenvalue weighted by Crippen LogP contribution is -2.46. The van der Waals surface area contributed by atoms with E-state index in [0.29, 0.717) is 5.56 Å². The maximum atomic E-state index is 11.3. The molecule has 0 bridgehead atoms. The number of nitrogens with zero attached hydrogens (tertiary/aromatic N) is 3. The Bertz CT molecular complexity index is 1040. The van der Waals surface area contributed by atoms with Crippen LogP contribution in [0.5, 0.6) is 0 Å². The molecule has 2 aromatic carbocycles. The van der Waals surface area contributed by atoms with E-state index in [9.17, 15) is 9.59 Å².